The molecular formula is C14H17NO4S. The first-order chi connectivity index (χ1) is 9.56. The summed E-state index contributed by atoms with van der Waals surface area (Å²) in [5.74, 6) is 6.12. The van der Waals surface area contributed by atoms with Crippen LogP contribution in [0, 0.1) is 11.8 Å². The third kappa shape index (κ3) is 3.65. The highest BCUT2D eigenvalue weighted by Crippen LogP contribution is 2.33. The summed E-state index contributed by atoms with van der Waals surface area (Å²) in [5.41, 5.74) is 1.07. The normalized spacial score (nSPS) is 14.3. The molecule has 0 atom stereocenters. The van der Waals surface area contributed by atoms with Crippen molar-refractivity contribution in [3.63, 3.8) is 0 Å². The van der Waals surface area contributed by atoms with Crippen LogP contribution in [0.4, 0.5) is 5.69 Å². The van der Waals surface area contributed by atoms with Crippen LogP contribution >= 0.6 is 0 Å². The summed E-state index contributed by atoms with van der Waals surface area (Å²) in [4.78, 5) is 0. The molecule has 1 aromatic carbocycles. The Morgan fingerprint density at radius 3 is 2.80 bits per heavy atom. The van der Waals surface area contributed by atoms with E-state index >= 15 is 0 Å². The Hall–Kier alpha value is -1.71. The zero-order valence-corrected chi connectivity index (χ0v) is 12.0. The van der Waals surface area contributed by atoms with Crippen LogP contribution in [0.5, 0.6) is 5.75 Å². The predicted octanol–water partition coefficient (Wildman–Crippen LogP) is 1.33. The molecule has 0 aliphatic heterocycles. The summed E-state index contributed by atoms with van der Waals surface area (Å²) in [5, 5.41) is 8.39. The first-order valence-corrected chi connectivity index (χ1v) is 7.91. The maximum absolute atomic E-state index is 12.0. The molecule has 0 aromatic heterocycles. The molecule has 1 fully saturated rings. The van der Waals surface area contributed by atoms with E-state index in [0.29, 0.717) is 36.3 Å². The Morgan fingerprint density at radius 2 is 2.20 bits per heavy atom. The van der Waals surface area contributed by atoms with E-state index in [2.05, 4.69) is 16.6 Å². The maximum Gasteiger partial charge on any atom is 0.235 e. The molecule has 108 valence electrons. The lowest BCUT2D eigenvalue weighted by molar-refractivity contribution is 0.305. The number of aliphatic hydroxyl groups is 1. The molecule has 20 heavy (non-hydrogen) atoms. The number of rotatable bonds is 5. The number of nitrogens with one attached hydrogen (secondary N) is 1. The summed E-state index contributed by atoms with van der Waals surface area (Å²) >= 11 is 0. The van der Waals surface area contributed by atoms with Crippen LogP contribution in [-0.4, -0.2) is 32.5 Å². The van der Waals surface area contributed by atoms with Crippen LogP contribution in [0.2, 0.25) is 0 Å². The van der Waals surface area contributed by atoms with Gasteiger partial charge in [-0.2, -0.15) is 0 Å². The van der Waals surface area contributed by atoms with Crippen LogP contribution in [0.3, 0.4) is 0 Å². The number of aliphatic hydroxyl groups excluding tert-OH is 1. The quantitative estimate of drug-likeness (QED) is 0.804. The van der Waals surface area contributed by atoms with E-state index in [1.54, 1.807) is 18.2 Å². The van der Waals surface area contributed by atoms with E-state index in [9.17, 15) is 8.42 Å². The van der Waals surface area contributed by atoms with Gasteiger partial charge in [0, 0.05) is 12.0 Å². The lowest BCUT2D eigenvalue weighted by Gasteiger charge is -2.11. The molecule has 0 heterocycles. The highest BCUT2D eigenvalue weighted by molar-refractivity contribution is 7.93. The standard InChI is InChI=1S/C14H17NO4S/c1-19-14-8-5-11(4-2-3-9-16)10-13(14)15-20(17,18)12-6-7-12/h5,8,10,12,15-16H,3,6-7,9H2,1H3. The number of hydrogen-bond donors (Lipinski definition) is 2. The van der Waals surface area contributed by atoms with Crippen molar-refractivity contribution in [3.05, 3.63) is 23.8 Å². The van der Waals surface area contributed by atoms with Gasteiger partial charge in [0.25, 0.3) is 0 Å². The first kappa shape index (κ1) is 14.7. The number of benzene rings is 1. The topological polar surface area (TPSA) is 75.6 Å². The Kier molecular flexibility index (Phi) is 4.53. The molecule has 6 heteroatoms. The Balaban J connectivity index is 2.25. The fourth-order valence-corrected chi connectivity index (χ4v) is 3.09. The van der Waals surface area contributed by atoms with Crippen molar-refractivity contribution >= 4 is 15.7 Å². The molecular weight excluding hydrogens is 278 g/mol. The molecule has 0 radical (unpaired) electrons. The molecule has 0 unspecified atom stereocenters. The Bertz CT molecular complexity index is 639. The summed E-state index contributed by atoms with van der Waals surface area (Å²) in [6, 6.07) is 5.06. The number of hydrogen-bond acceptors (Lipinski definition) is 4. The molecule has 2 N–H and O–H groups in total. The zero-order chi connectivity index (χ0) is 14.6. The molecule has 1 saturated carbocycles. The lowest BCUT2D eigenvalue weighted by atomic mass is 10.2. The molecule has 5 nitrogen and oxygen atoms in total. The third-order valence-corrected chi connectivity index (χ3v) is 4.74. The van der Waals surface area contributed by atoms with E-state index in [0.717, 1.165) is 0 Å². The molecule has 0 saturated heterocycles. The van der Waals surface area contributed by atoms with Gasteiger partial charge in [0.2, 0.25) is 10.0 Å². The van der Waals surface area contributed by atoms with E-state index in [1.807, 2.05) is 0 Å². The van der Waals surface area contributed by atoms with Crippen molar-refractivity contribution in [1.29, 1.82) is 0 Å². The largest absolute Gasteiger partial charge is 0.495 e. The van der Waals surface area contributed by atoms with Gasteiger partial charge in [0.1, 0.15) is 5.75 Å². The number of sulfonamides is 1. The summed E-state index contributed by atoms with van der Waals surface area (Å²) in [6.07, 6.45) is 1.79. The van der Waals surface area contributed by atoms with Crippen molar-refractivity contribution in [1.82, 2.24) is 0 Å². The number of anilines is 1. The van der Waals surface area contributed by atoms with Gasteiger partial charge in [-0.05, 0) is 31.0 Å². The van der Waals surface area contributed by atoms with Gasteiger partial charge in [-0.3, -0.25) is 4.72 Å². The van der Waals surface area contributed by atoms with Gasteiger partial charge in [-0.15, -0.1) is 0 Å². The molecule has 0 bridgehead atoms. The zero-order valence-electron chi connectivity index (χ0n) is 11.2. The van der Waals surface area contributed by atoms with Crippen LogP contribution in [0.15, 0.2) is 18.2 Å². The van der Waals surface area contributed by atoms with Crippen LogP contribution in [0.1, 0.15) is 24.8 Å². The second-order valence-electron chi connectivity index (χ2n) is 4.54. The molecule has 1 aliphatic rings. The van der Waals surface area contributed by atoms with Gasteiger partial charge in [0.15, 0.2) is 0 Å². The van der Waals surface area contributed by atoms with Crippen molar-refractivity contribution < 1.29 is 18.3 Å². The number of methoxy groups -OCH3 is 1. The van der Waals surface area contributed by atoms with Crippen molar-refractivity contribution in [3.8, 4) is 17.6 Å². The van der Waals surface area contributed by atoms with Crippen molar-refractivity contribution in [2.75, 3.05) is 18.4 Å². The monoisotopic (exact) mass is 295 g/mol. The minimum absolute atomic E-state index is 0.00429. The highest BCUT2D eigenvalue weighted by atomic mass is 32.2. The first-order valence-electron chi connectivity index (χ1n) is 6.36. The second kappa shape index (κ2) is 6.16. The smallest absolute Gasteiger partial charge is 0.235 e. The highest BCUT2D eigenvalue weighted by Gasteiger charge is 2.36. The fourth-order valence-electron chi connectivity index (χ4n) is 1.70. The average Bonchev–Trinajstić information content (AvgIpc) is 3.23. The number of ether oxygens (including phenoxy) is 1. The van der Waals surface area contributed by atoms with E-state index in [1.165, 1.54) is 7.11 Å². The molecule has 2 rings (SSSR count). The second-order valence-corrected chi connectivity index (χ2v) is 6.50. The molecule has 0 amide bonds. The Labute approximate surface area is 119 Å². The minimum atomic E-state index is -3.33. The van der Waals surface area contributed by atoms with Crippen LogP contribution < -0.4 is 9.46 Å². The van der Waals surface area contributed by atoms with Crippen molar-refractivity contribution in [2.24, 2.45) is 0 Å². The minimum Gasteiger partial charge on any atom is -0.495 e. The summed E-state index contributed by atoms with van der Waals surface area (Å²) in [7, 11) is -1.85. The summed E-state index contributed by atoms with van der Waals surface area (Å²) < 4.78 is 31.7. The lowest BCUT2D eigenvalue weighted by Crippen LogP contribution is -2.17. The maximum atomic E-state index is 12.0. The summed E-state index contributed by atoms with van der Waals surface area (Å²) in [6.45, 7) is 0.00429. The third-order valence-electron chi connectivity index (χ3n) is 2.88. The van der Waals surface area contributed by atoms with E-state index in [-0.39, 0.29) is 11.9 Å². The fraction of sp³-hybridized carbons (Fsp3) is 0.429. The van der Waals surface area contributed by atoms with Crippen LogP contribution in [0.25, 0.3) is 0 Å². The predicted molar refractivity (Wildman–Crippen MR) is 77.1 cm³/mol. The van der Waals surface area contributed by atoms with Gasteiger partial charge < -0.3 is 9.84 Å². The molecule has 0 spiro atoms. The van der Waals surface area contributed by atoms with E-state index in [4.69, 9.17) is 9.84 Å². The molecule has 1 aliphatic carbocycles. The van der Waals surface area contributed by atoms with Gasteiger partial charge >= 0.3 is 0 Å². The van der Waals surface area contributed by atoms with Crippen LogP contribution in [-0.2, 0) is 10.0 Å². The van der Waals surface area contributed by atoms with Crippen molar-refractivity contribution in [2.45, 2.75) is 24.5 Å². The average molecular weight is 295 g/mol. The van der Waals surface area contributed by atoms with Gasteiger partial charge in [-0.25, -0.2) is 8.42 Å². The Morgan fingerprint density at radius 1 is 1.45 bits per heavy atom. The van der Waals surface area contributed by atoms with Gasteiger partial charge in [0.05, 0.1) is 24.7 Å². The van der Waals surface area contributed by atoms with Gasteiger partial charge in [-0.1, -0.05) is 11.8 Å². The van der Waals surface area contributed by atoms with E-state index < -0.39 is 10.0 Å². The molecule has 1 aromatic rings. The SMILES string of the molecule is COc1ccc(C#CCCO)cc1NS(=O)(=O)C1CC1.